The van der Waals surface area contributed by atoms with Crippen molar-refractivity contribution in [1.29, 1.82) is 5.26 Å². The number of nitriles is 1. The number of rotatable bonds is 3. The summed E-state index contributed by atoms with van der Waals surface area (Å²) in [5, 5.41) is 14.4. The molecule has 1 aliphatic rings. The van der Waals surface area contributed by atoms with Gasteiger partial charge in [0, 0.05) is 11.6 Å². The molecular weight excluding hydrogens is 309 g/mol. The number of benzene rings is 2. The van der Waals surface area contributed by atoms with E-state index in [1.807, 2.05) is 12.1 Å². The molecule has 0 unspecified atom stereocenters. The van der Waals surface area contributed by atoms with E-state index in [2.05, 4.69) is 16.7 Å². The summed E-state index contributed by atoms with van der Waals surface area (Å²) < 4.78 is 18.4. The molecule has 2 aromatic carbocycles. The number of amides is 2. The predicted molar refractivity (Wildman–Crippen MR) is 87.1 cm³/mol. The van der Waals surface area contributed by atoms with Crippen LogP contribution in [0.5, 0.6) is 0 Å². The molecule has 2 N–H and O–H groups in total. The lowest BCUT2D eigenvalue weighted by Crippen LogP contribution is -2.41. The van der Waals surface area contributed by atoms with Crippen LogP contribution < -0.4 is 10.6 Å². The summed E-state index contributed by atoms with van der Waals surface area (Å²) in [6, 6.07) is 14.4. The number of anilines is 1. The van der Waals surface area contributed by atoms with Crippen LogP contribution in [0.4, 0.5) is 14.9 Å². The van der Waals surface area contributed by atoms with Crippen molar-refractivity contribution in [1.82, 2.24) is 5.32 Å². The Morgan fingerprint density at radius 1 is 1.12 bits per heavy atom. The molecule has 0 spiro atoms. The lowest BCUT2D eigenvalue weighted by molar-refractivity contribution is 0.187. The van der Waals surface area contributed by atoms with E-state index >= 15 is 0 Å². The van der Waals surface area contributed by atoms with E-state index in [1.165, 1.54) is 24.3 Å². The molecule has 122 valence electrons. The summed E-state index contributed by atoms with van der Waals surface area (Å²) in [5.41, 5.74) is 2.12. The van der Waals surface area contributed by atoms with Crippen molar-refractivity contribution in [3.05, 3.63) is 65.5 Å². The van der Waals surface area contributed by atoms with Gasteiger partial charge in [0.1, 0.15) is 5.82 Å². The Morgan fingerprint density at radius 3 is 2.50 bits per heavy atom. The van der Waals surface area contributed by atoms with Gasteiger partial charge in [-0.2, -0.15) is 5.26 Å². The molecule has 0 saturated carbocycles. The highest BCUT2D eigenvalue weighted by atomic mass is 19.1. The van der Waals surface area contributed by atoms with E-state index in [4.69, 9.17) is 10.00 Å². The fourth-order valence-electron chi connectivity index (χ4n) is 2.70. The van der Waals surface area contributed by atoms with Crippen LogP contribution in [0.2, 0.25) is 0 Å². The summed E-state index contributed by atoms with van der Waals surface area (Å²) >= 11 is 0. The topological polar surface area (TPSA) is 74.1 Å². The molecule has 3 rings (SSSR count). The fourth-order valence-corrected chi connectivity index (χ4v) is 2.70. The largest absolute Gasteiger partial charge is 0.379 e. The highest BCUT2D eigenvalue weighted by Crippen LogP contribution is 2.26. The molecule has 5 nitrogen and oxygen atoms in total. The summed E-state index contributed by atoms with van der Waals surface area (Å²) in [6.45, 7) is 0.925. The summed E-state index contributed by atoms with van der Waals surface area (Å²) in [4.78, 5) is 12.1. The first kappa shape index (κ1) is 16.0. The first-order valence-electron chi connectivity index (χ1n) is 7.56. The van der Waals surface area contributed by atoms with E-state index in [1.54, 1.807) is 12.1 Å². The number of nitrogens with zero attached hydrogens (tertiary/aromatic N) is 1. The average Bonchev–Trinajstić information content (AvgIpc) is 3.05. The lowest BCUT2D eigenvalue weighted by Gasteiger charge is -2.20. The molecule has 0 bridgehead atoms. The number of hydrogen-bond acceptors (Lipinski definition) is 3. The van der Waals surface area contributed by atoms with Crippen molar-refractivity contribution in [2.45, 2.75) is 12.0 Å². The molecule has 0 aliphatic carbocycles. The van der Waals surface area contributed by atoms with E-state index in [9.17, 15) is 9.18 Å². The van der Waals surface area contributed by atoms with Crippen molar-refractivity contribution in [3.8, 4) is 6.07 Å². The first-order valence-corrected chi connectivity index (χ1v) is 7.56. The zero-order valence-corrected chi connectivity index (χ0v) is 12.8. The molecule has 1 fully saturated rings. The maximum atomic E-state index is 12.9. The van der Waals surface area contributed by atoms with Gasteiger partial charge in [-0.3, -0.25) is 0 Å². The van der Waals surface area contributed by atoms with Gasteiger partial charge in [0.25, 0.3) is 0 Å². The van der Waals surface area contributed by atoms with Crippen LogP contribution in [0.1, 0.15) is 17.0 Å². The minimum atomic E-state index is -0.365. The van der Waals surface area contributed by atoms with Gasteiger partial charge in [-0.05, 0) is 42.0 Å². The quantitative estimate of drug-likeness (QED) is 0.911. The highest BCUT2D eigenvalue weighted by Gasteiger charge is 2.30. The SMILES string of the molecule is N#Cc1ccc([C@@H]2COC[C@@H]2NC(=O)Nc2ccc(F)cc2)cc1. The van der Waals surface area contributed by atoms with Crippen LogP contribution in [-0.2, 0) is 4.74 Å². The van der Waals surface area contributed by atoms with Gasteiger partial charge in [0.15, 0.2) is 0 Å². The Balaban J connectivity index is 1.63. The van der Waals surface area contributed by atoms with E-state index < -0.39 is 0 Å². The van der Waals surface area contributed by atoms with Crippen molar-refractivity contribution >= 4 is 11.7 Å². The Morgan fingerprint density at radius 2 is 1.83 bits per heavy atom. The molecule has 6 heteroatoms. The number of ether oxygens (including phenoxy) is 1. The van der Waals surface area contributed by atoms with Gasteiger partial charge in [0.05, 0.1) is 30.9 Å². The molecule has 0 radical (unpaired) electrons. The molecule has 2 amide bonds. The van der Waals surface area contributed by atoms with Gasteiger partial charge in [-0.25, -0.2) is 9.18 Å². The van der Waals surface area contributed by atoms with Crippen LogP contribution in [-0.4, -0.2) is 25.3 Å². The zero-order valence-electron chi connectivity index (χ0n) is 12.8. The summed E-state index contributed by atoms with van der Waals surface area (Å²) in [7, 11) is 0. The van der Waals surface area contributed by atoms with Gasteiger partial charge >= 0.3 is 6.03 Å². The summed E-state index contributed by atoms with van der Waals surface area (Å²) in [5.74, 6) is -0.331. The Hall–Kier alpha value is -2.91. The van der Waals surface area contributed by atoms with E-state index in [0.717, 1.165) is 5.56 Å². The highest BCUT2D eigenvalue weighted by molar-refractivity contribution is 5.89. The Bertz CT molecular complexity index is 753. The minimum absolute atomic E-state index is 0.0247. The number of halogens is 1. The fraction of sp³-hybridized carbons (Fsp3) is 0.222. The second-order valence-corrected chi connectivity index (χ2v) is 5.59. The molecule has 0 aromatic heterocycles. The molecular formula is C18H16FN3O2. The number of carbonyl (C=O) groups is 1. The minimum Gasteiger partial charge on any atom is -0.379 e. The van der Waals surface area contributed by atoms with Crippen molar-refractivity contribution in [2.75, 3.05) is 18.5 Å². The molecule has 1 saturated heterocycles. The first-order chi connectivity index (χ1) is 11.7. The summed E-state index contributed by atoms with van der Waals surface area (Å²) in [6.07, 6.45) is 0. The number of carbonyl (C=O) groups excluding carboxylic acids is 1. The Labute approximate surface area is 139 Å². The molecule has 2 aromatic rings. The number of urea groups is 1. The van der Waals surface area contributed by atoms with E-state index in [0.29, 0.717) is 24.5 Å². The Kier molecular flexibility index (Phi) is 4.73. The van der Waals surface area contributed by atoms with Crippen molar-refractivity contribution in [3.63, 3.8) is 0 Å². The van der Waals surface area contributed by atoms with Gasteiger partial charge in [0.2, 0.25) is 0 Å². The monoisotopic (exact) mass is 325 g/mol. The van der Waals surface area contributed by atoms with Crippen LogP contribution in [0.25, 0.3) is 0 Å². The van der Waals surface area contributed by atoms with Gasteiger partial charge in [-0.1, -0.05) is 12.1 Å². The van der Waals surface area contributed by atoms with E-state index in [-0.39, 0.29) is 23.8 Å². The van der Waals surface area contributed by atoms with Gasteiger partial charge in [-0.15, -0.1) is 0 Å². The average molecular weight is 325 g/mol. The molecule has 1 aliphatic heterocycles. The molecule has 2 atom stereocenters. The van der Waals surface area contributed by atoms with Gasteiger partial charge < -0.3 is 15.4 Å². The second-order valence-electron chi connectivity index (χ2n) is 5.59. The second kappa shape index (κ2) is 7.11. The third-order valence-corrected chi connectivity index (χ3v) is 3.97. The normalized spacial score (nSPS) is 19.5. The van der Waals surface area contributed by atoms with Crippen molar-refractivity contribution < 1.29 is 13.9 Å². The molecule has 24 heavy (non-hydrogen) atoms. The van der Waals surface area contributed by atoms with Crippen LogP contribution in [0, 0.1) is 17.1 Å². The van der Waals surface area contributed by atoms with Crippen molar-refractivity contribution in [2.24, 2.45) is 0 Å². The third-order valence-electron chi connectivity index (χ3n) is 3.97. The number of hydrogen-bond donors (Lipinski definition) is 2. The molecule has 1 heterocycles. The maximum Gasteiger partial charge on any atom is 0.319 e. The van der Waals surface area contributed by atoms with Crippen LogP contribution in [0.15, 0.2) is 48.5 Å². The maximum absolute atomic E-state index is 12.9. The van der Waals surface area contributed by atoms with Crippen LogP contribution >= 0.6 is 0 Å². The zero-order chi connectivity index (χ0) is 16.9. The lowest BCUT2D eigenvalue weighted by atomic mass is 9.94. The predicted octanol–water partition coefficient (Wildman–Crippen LogP) is 3.00. The standard InChI is InChI=1S/C18H16FN3O2/c19-14-5-7-15(8-6-14)21-18(23)22-17-11-24-10-16(17)13-3-1-12(9-20)2-4-13/h1-8,16-17H,10-11H2,(H2,21,22,23)/t16-,17-/m0/s1. The smallest absolute Gasteiger partial charge is 0.319 e. The number of nitrogens with one attached hydrogen (secondary N) is 2. The third kappa shape index (κ3) is 3.70. The van der Waals surface area contributed by atoms with Crippen LogP contribution in [0.3, 0.4) is 0 Å².